The van der Waals surface area contributed by atoms with Gasteiger partial charge in [0.2, 0.25) is 0 Å². The monoisotopic (exact) mass is 425 g/mol. The number of ether oxygens (including phenoxy) is 2. The Labute approximate surface area is 182 Å². The van der Waals surface area contributed by atoms with Crippen LogP contribution in [0, 0.1) is 12.7 Å². The Kier molecular flexibility index (Phi) is 7.36. The van der Waals surface area contributed by atoms with Gasteiger partial charge in [-0.25, -0.2) is 4.39 Å². The molecule has 5 heteroatoms. The minimum atomic E-state index is -0.292. The number of allylic oxidation sites excluding steroid dienone is 1. The molecule has 0 saturated carbocycles. The number of benzene rings is 3. The van der Waals surface area contributed by atoms with Crippen molar-refractivity contribution in [1.29, 1.82) is 0 Å². The predicted octanol–water partition coefficient (Wildman–Crippen LogP) is 6.72. The number of hydrogen-bond donors (Lipinski definition) is 1. The maximum absolute atomic E-state index is 14.0. The molecule has 0 amide bonds. The third kappa shape index (κ3) is 5.14. The fraction of sp³-hybridized carbons (Fsp3) is 0.200. The molecule has 0 radical (unpaired) electrons. The average molecular weight is 426 g/mol. The van der Waals surface area contributed by atoms with Crippen LogP contribution in [0.4, 0.5) is 10.1 Å². The fourth-order valence-electron chi connectivity index (χ4n) is 3.21. The van der Waals surface area contributed by atoms with Gasteiger partial charge >= 0.3 is 0 Å². The molecule has 0 heterocycles. The van der Waals surface area contributed by atoms with Gasteiger partial charge in [0.25, 0.3) is 0 Å². The van der Waals surface area contributed by atoms with Crippen molar-refractivity contribution in [3.63, 3.8) is 0 Å². The third-order valence-corrected chi connectivity index (χ3v) is 5.27. The Morgan fingerprint density at radius 1 is 1.10 bits per heavy atom. The van der Waals surface area contributed by atoms with Crippen LogP contribution < -0.4 is 14.8 Å². The molecule has 0 saturated heterocycles. The zero-order valence-corrected chi connectivity index (χ0v) is 17.9. The van der Waals surface area contributed by atoms with E-state index in [1.807, 2.05) is 43.3 Å². The molecular weight excluding hydrogens is 401 g/mol. The predicted molar refractivity (Wildman–Crippen MR) is 121 cm³/mol. The fourth-order valence-corrected chi connectivity index (χ4v) is 3.38. The van der Waals surface area contributed by atoms with Gasteiger partial charge in [-0.15, -0.1) is 6.58 Å². The van der Waals surface area contributed by atoms with Crippen LogP contribution in [0.25, 0.3) is 0 Å². The van der Waals surface area contributed by atoms with Crippen molar-refractivity contribution in [2.24, 2.45) is 0 Å². The summed E-state index contributed by atoms with van der Waals surface area (Å²) in [5.74, 6) is 0.910. The van der Waals surface area contributed by atoms with Crippen LogP contribution in [0.3, 0.4) is 0 Å². The largest absolute Gasteiger partial charge is 0.493 e. The van der Waals surface area contributed by atoms with E-state index in [0.29, 0.717) is 30.0 Å². The van der Waals surface area contributed by atoms with E-state index >= 15 is 0 Å². The van der Waals surface area contributed by atoms with Gasteiger partial charge in [0.1, 0.15) is 12.4 Å². The van der Waals surface area contributed by atoms with Crippen molar-refractivity contribution in [2.45, 2.75) is 26.5 Å². The van der Waals surface area contributed by atoms with E-state index in [4.69, 9.17) is 21.1 Å². The van der Waals surface area contributed by atoms with Gasteiger partial charge in [-0.1, -0.05) is 41.9 Å². The minimum absolute atomic E-state index is 0.118. The smallest absolute Gasteiger partial charge is 0.165 e. The molecular formula is C25H25ClFNO2. The zero-order chi connectivity index (χ0) is 21.5. The molecule has 3 nitrogen and oxygen atoms in total. The normalized spacial score (nSPS) is 10.5. The highest BCUT2D eigenvalue weighted by molar-refractivity contribution is 6.31. The van der Waals surface area contributed by atoms with Gasteiger partial charge in [0.15, 0.2) is 11.5 Å². The molecule has 0 aliphatic carbocycles. The zero-order valence-electron chi connectivity index (χ0n) is 17.2. The van der Waals surface area contributed by atoms with E-state index in [2.05, 4.69) is 11.9 Å². The molecule has 1 N–H and O–H groups in total. The lowest BCUT2D eigenvalue weighted by molar-refractivity contribution is 0.277. The van der Waals surface area contributed by atoms with Crippen molar-refractivity contribution in [1.82, 2.24) is 0 Å². The van der Waals surface area contributed by atoms with E-state index < -0.39 is 0 Å². The topological polar surface area (TPSA) is 30.5 Å². The van der Waals surface area contributed by atoms with Crippen LogP contribution >= 0.6 is 11.6 Å². The maximum Gasteiger partial charge on any atom is 0.165 e. The second kappa shape index (κ2) is 10.2. The molecule has 0 spiro atoms. The number of rotatable bonds is 9. The molecule has 3 aromatic carbocycles. The molecule has 0 atom stereocenters. The first kappa shape index (κ1) is 21.7. The van der Waals surface area contributed by atoms with Crippen LogP contribution in [0.1, 0.15) is 22.3 Å². The summed E-state index contributed by atoms with van der Waals surface area (Å²) in [7, 11) is 1.60. The minimum Gasteiger partial charge on any atom is -0.493 e. The Morgan fingerprint density at radius 3 is 2.63 bits per heavy atom. The molecule has 156 valence electrons. The first-order chi connectivity index (χ1) is 14.5. The van der Waals surface area contributed by atoms with Gasteiger partial charge in [0, 0.05) is 28.4 Å². The van der Waals surface area contributed by atoms with E-state index in [9.17, 15) is 4.39 Å². The number of halogens is 2. The van der Waals surface area contributed by atoms with E-state index in [1.165, 1.54) is 6.07 Å². The van der Waals surface area contributed by atoms with E-state index in [1.54, 1.807) is 25.3 Å². The van der Waals surface area contributed by atoms with Gasteiger partial charge < -0.3 is 14.8 Å². The Balaban J connectivity index is 1.84. The highest BCUT2D eigenvalue weighted by Gasteiger charge is 2.14. The van der Waals surface area contributed by atoms with Crippen LogP contribution in [0.15, 0.2) is 67.3 Å². The van der Waals surface area contributed by atoms with Crippen molar-refractivity contribution < 1.29 is 13.9 Å². The first-order valence-electron chi connectivity index (χ1n) is 9.69. The summed E-state index contributed by atoms with van der Waals surface area (Å²) in [5, 5.41) is 4.14. The third-order valence-electron chi connectivity index (χ3n) is 4.86. The van der Waals surface area contributed by atoms with Crippen LogP contribution in [-0.4, -0.2) is 7.11 Å². The Bertz CT molecular complexity index is 1040. The number of nitrogens with one attached hydrogen (secondary N) is 1. The van der Waals surface area contributed by atoms with Gasteiger partial charge in [-0.2, -0.15) is 0 Å². The summed E-state index contributed by atoms with van der Waals surface area (Å²) < 4.78 is 25.5. The quantitative estimate of drug-likeness (QED) is 0.386. The molecule has 3 rings (SSSR count). The van der Waals surface area contributed by atoms with Crippen LogP contribution in [0.2, 0.25) is 5.02 Å². The molecule has 3 aromatic rings. The average Bonchev–Trinajstić information content (AvgIpc) is 2.75. The molecule has 0 fully saturated rings. The first-order valence-corrected chi connectivity index (χ1v) is 10.1. The summed E-state index contributed by atoms with van der Waals surface area (Å²) in [4.78, 5) is 0. The second-order valence-electron chi connectivity index (χ2n) is 6.93. The molecule has 0 aliphatic heterocycles. The summed E-state index contributed by atoms with van der Waals surface area (Å²) in [6.07, 6.45) is 2.41. The van der Waals surface area contributed by atoms with Crippen molar-refractivity contribution >= 4 is 17.3 Å². The number of anilines is 1. The van der Waals surface area contributed by atoms with Crippen LogP contribution in [0.5, 0.6) is 11.5 Å². The standard InChI is InChI=1S/C25H25ClFNO2/c1-4-8-19-13-18(15-28-23-12-7-10-21(26)17(23)2)14-24(29-3)25(19)30-16-20-9-5-6-11-22(20)27/h4-7,9-14,28H,1,8,15-16H2,2-3H3. The van der Waals surface area contributed by atoms with Crippen molar-refractivity contribution in [2.75, 3.05) is 12.4 Å². The lowest BCUT2D eigenvalue weighted by atomic mass is 10.0. The second-order valence-corrected chi connectivity index (χ2v) is 7.33. The van der Waals surface area contributed by atoms with E-state index in [0.717, 1.165) is 27.4 Å². The highest BCUT2D eigenvalue weighted by atomic mass is 35.5. The summed E-state index contributed by atoms with van der Waals surface area (Å²) >= 11 is 6.21. The lowest BCUT2D eigenvalue weighted by Crippen LogP contribution is -2.06. The summed E-state index contributed by atoms with van der Waals surface area (Å²) in [6.45, 7) is 6.53. The Morgan fingerprint density at radius 2 is 1.90 bits per heavy atom. The highest BCUT2D eigenvalue weighted by Crippen LogP contribution is 2.35. The van der Waals surface area contributed by atoms with Gasteiger partial charge in [-0.05, 0) is 54.8 Å². The van der Waals surface area contributed by atoms with E-state index in [-0.39, 0.29) is 12.4 Å². The number of hydrogen-bond acceptors (Lipinski definition) is 3. The molecule has 0 unspecified atom stereocenters. The van der Waals surface area contributed by atoms with Gasteiger partial charge in [0.05, 0.1) is 7.11 Å². The Hall–Kier alpha value is -2.98. The summed E-state index contributed by atoms with van der Waals surface area (Å²) in [6, 6.07) is 16.3. The summed E-state index contributed by atoms with van der Waals surface area (Å²) in [5.41, 5.74) is 4.43. The molecule has 0 aromatic heterocycles. The molecule has 0 bridgehead atoms. The number of methoxy groups -OCH3 is 1. The lowest BCUT2D eigenvalue weighted by Gasteiger charge is -2.18. The van der Waals surface area contributed by atoms with Crippen molar-refractivity contribution in [3.05, 3.63) is 100 Å². The SMILES string of the molecule is C=CCc1cc(CNc2cccc(Cl)c2C)cc(OC)c1OCc1ccccc1F. The molecule has 30 heavy (non-hydrogen) atoms. The molecule has 0 aliphatic rings. The van der Waals surface area contributed by atoms with Gasteiger partial charge in [-0.3, -0.25) is 0 Å². The maximum atomic E-state index is 14.0. The van der Waals surface area contributed by atoms with Crippen molar-refractivity contribution in [3.8, 4) is 11.5 Å². The van der Waals surface area contributed by atoms with Crippen LogP contribution in [-0.2, 0) is 19.6 Å².